The van der Waals surface area contributed by atoms with Gasteiger partial charge in [0, 0.05) is 6.54 Å². The summed E-state index contributed by atoms with van der Waals surface area (Å²) in [5, 5.41) is 9.97. The van der Waals surface area contributed by atoms with Gasteiger partial charge in [0.2, 0.25) is 0 Å². The minimum absolute atomic E-state index is 0.152. The van der Waals surface area contributed by atoms with Crippen molar-refractivity contribution in [3.05, 3.63) is 35.9 Å². The van der Waals surface area contributed by atoms with Crippen LogP contribution >= 0.6 is 0 Å². The Bertz CT molecular complexity index is 587. The van der Waals surface area contributed by atoms with Crippen LogP contribution < -0.4 is 0 Å². The van der Waals surface area contributed by atoms with Gasteiger partial charge in [-0.2, -0.15) is 0 Å². The van der Waals surface area contributed by atoms with Crippen molar-refractivity contribution in [1.82, 2.24) is 4.90 Å². The van der Waals surface area contributed by atoms with Gasteiger partial charge in [-0.3, -0.25) is 4.90 Å². The fourth-order valence-corrected chi connectivity index (χ4v) is 3.82. The average molecular weight is 347 g/mol. The van der Waals surface area contributed by atoms with Gasteiger partial charge in [-0.25, -0.2) is 9.59 Å². The zero-order valence-corrected chi connectivity index (χ0v) is 15.4. The number of aliphatic carboxylic acids is 1. The molecule has 1 aliphatic carbocycles. The summed E-state index contributed by atoms with van der Waals surface area (Å²) >= 11 is 0. The highest BCUT2D eigenvalue weighted by Gasteiger charge is 2.50. The van der Waals surface area contributed by atoms with E-state index in [1.807, 2.05) is 37.3 Å². The zero-order valence-electron chi connectivity index (χ0n) is 15.4. The number of rotatable bonds is 6. The van der Waals surface area contributed by atoms with Crippen molar-refractivity contribution < 1.29 is 19.4 Å². The number of likely N-dealkylation sites (N-methyl/N-ethyl adjacent to an activating group) is 1. The van der Waals surface area contributed by atoms with Crippen LogP contribution in [-0.4, -0.2) is 34.2 Å². The Kier molecular flexibility index (Phi) is 6.45. The van der Waals surface area contributed by atoms with Gasteiger partial charge >= 0.3 is 12.1 Å². The lowest BCUT2D eigenvalue weighted by Gasteiger charge is -2.45. The van der Waals surface area contributed by atoms with E-state index in [-0.39, 0.29) is 6.61 Å². The summed E-state index contributed by atoms with van der Waals surface area (Å²) in [7, 11) is 0. The molecule has 0 aromatic heterocycles. The van der Waals surface area contributed by atoms with E-state index in [1.54, 1.807) is 0 Å². The van der Waals surface area contributed by atoms with E-state index in [2.05, 4.69) is 13.8 Å². The Labute approximate surface area is 150 Å². The molecular weight excluding hydrogens is 318 g/mol. The van der Waals surface area contributed by atoms with E-state index in [9.17, 15) is 14.7 Å². The maximum absolute atomic E-state index is 12.7. The maximum Gasteiger partial charge on any atom is 0.411 e. The molecule has 1 saturated carbocycles. The van der Waals surface area contributed by atoms with Gasteiger partial charge in [0.1, 0.15) is 12.1 Å². The van der Waals surface area contributed by atoms with Crippen molar-refractivity contribution in [2.24, 2.45) is 11.8 Å². The van der Waals surface area contributed by atoms with E-state index in [1.165, 1.54) is 4.90 Å². The molecule has 1 fully saturated rings. The van der Waals surface area contributed by atoms with E-state index in [0.29, 0.717) is 31.2 Å². The largest absolute Gasteiger partial charge is 0.479 e. The average Bonchev–Trinajstić information content (AvgIpc) is 2.61. The second kappa shape index (κ2) is 8.37. The SMILES string of the molecule is CCN(C(=O)OCc1ccccc1)C1(C(=O)O)CCCC(C(C)C)C1. The first-order valence-corrected chi connectivity index (χ1v) is 9.12. The van der Waals surface area contributed by atoms with Crippen molar-refractivity contribution in [3.63, 3.8) is 0 Å². The van der Waals surface area contributed by atoms with Crippen LogP contribution in [0.1, 0.15) is 52.0 Å². The maximum atomic E-state index is 12.7. The molecule has 1 aliphatic rings. The normalized spacial score (nSPS) is 23.3. The van der Waals surface area contributed by atoms with Crippen molar-refractivity contribution in [1.29, 1.82) is 0 Å². The third-order valence-corrected chi connectivity index (χ3v) is 5.36. The predicted octanol–water partition coefficient (Wildman–Crippen LogP) is 4.31. The van der Waals surface area contributed by atoms with Gasteiger partial charge in [0.25, 0.3) is 0 Å². The first-order valence-electron chi connectivity index (χ1n) is 9.12. The summed E-state index contributed by atoms with van der Waals surface area (Å²) in [6.45, 7) is 6.52. The molecule has 1 N–H and O–H groups in total. The summed E-state index contributed by atoms with van der Waals surface area (Å²) in [5.41, 5.74) is -0.268. The Morgan fingerprint density at radius 2 is 2.00 bits per heavy atom. The second-order valence-electron chi connectivity index (χ2n) is 7.22. The fourth-order valence-electron chi connectivity index (χ4n) is 3.82. The van der Waals surface area contributed by atoms with Crippen LogP contribution in [0.2, 0.25) is 0 Å². The van der Waals surface area contributed by atoms with Gasteiger partial charge in [-0.1, -0.05) is 50.6 Å². The Balaban J connectivity index is 2.16. The van der Waals surface area contributed by atoms with Crippen molar-refractivity contribution >= 4 is 12.1 Å². The van der Waals surface area contributed by atoms with Crippen LogP contribution in [-0.2, 0) is 16.1 Å². The number of carbonyl (C=O) groups excluding carboxylic acids is 1. The molecule has 5 heteroatoms. The van der Waals surface area contributed by atoms with Crippen LogP contribution in [0.4, 0.5) is 4.79 Å². The molecular formula is C20H29NO4. The smallest absolute Gasteiger partial charge is 0.411 e. The molecule has 0 bridgehead atoms. The van der Waals surface area contributed by atoms with E-state index >= 15 is 0 Å². The van der Waals surface area contributed by atoms with E-state index < -0.39 is 17.6 Å². The van der Waals surface area contributed by atoms with Gasteiger partial charge in [-0.05, 0) is 43.6 Å². The van der Waals surface area contributed by atoms with E-state index in [0.717, 1.165) is 18.4 Å². The van der Waals surface area contributed by atoms with Gasteiger partial charge in [0.05, 0.1) is 0 Å². The molecule has 138 valence electrons. The monoisotopic (exact) mass is 347 g/mol. The zero-order chi connectivity index (χ0) is 18.4. The molecule has 0 heterocycles. The molecule has 1 aromatic carbocycles. The first-order chi connectivity index (χ1) is 11.9. The number of amides is 1. The van der Waals surface area contributed by atoms with Crippen molar-refractivity contribution in [2.45, 2.75) is 58.6 Å². The summed E-state index contributed by atoms with van der Waals surface area (Å²) in [5.74, 6) is -0.213. The Hall–Kier alpha value is -2.04. The topological polar surface area (TPSA) is 66.8 Å². The lowest BCUT2D eigenvalue weighted by molar-refractivity contribution is -0.154. The number of carboxylic acid groups (broad SMARTS) is 1. The van der Waals surface area contributed by atoms with Gasteiger partial charge < -0.3 is 9.84 Å². The van der Waals surface area contributed by atoms with E-state index in [4.69, 9.17) is 4.74 Å². The lowest BCUT2D eigenvalue weighted by atomic mass is 9.71. The van der Waals surface area contributed by atoms with Crippen LogP contribution in [0, 0.1) is 11.8 Å². The summed E-state index contributed by atoms with van der Waals surface area (Å²) in [6, 6.07) is 9.43. The molecule has 2 atom stereocenters. The number of hydrogen-bond donors (Lipinski definition) is 1. The number of nitrogens with zero attached hydrogens (tertiary/aromatic N) is 1. The van der Waals surface area contributed by atoms with Crippen LogP contribution in [0.5, 0.6) is 0 Å². The van der Waals surface area contributed by atoms with Gasteiger partial charge in [0.15, 0.2) is 0 Å². The summed E-state index contributed by atoms with van der Waals surface area (Å²) < 4.78 is 5.43. The Morgan fingerprint density at radius 1 is 1.32 bits per heavy atom. The van der Waals surface area contributed by atoms with Crippen LogP contribution in [0.3, 0.4) is 0 Å². The number of ether oxygens (including phenoxy) is 1. The second-order valence-corrected chi connectivity index (χ2v) is 7.22. The number of hydrogen-bond acceptors (Lipinski definition) is 3. The molecule has 25 heavy (non-hydrogen) atoms. The molecule has 0 saturated heterocycles. The van der Waals surface area contributed by atoms with Crippen molar-refractivity contribution in [3.8, 4) is 0 Å². The molecule has 1 amide bonds. The quantitative estimate of drug-likeness (QED) is 0.832. The minimum Gasteiger partial charge on any atom is -0.479 e. The molecule has 2 rings (SSSR count). The predicted molar refractivity (Wildman–Crippen MR) is 96.2 cm³/mol. The Morgan fingerprint density at radius 3 is 2.56 bits per heavy atom. The third-order valence-electron chi connectivity index (χ3n) is 5.36. The van der Waals surface area contributed by atoms with Gasteiger partial charge in [-0.15, -0.1) is 0 Å². The lowest BCUT2D eigenvalue weighted by Crippen LogP contribution is -2.59. The van der Waals surface area contributed by atoms with Crippen LogP contribution in [0.25, 0.3) is 0 Å². The third kappa shape index (κ3) is 4.33. The minimum atomic E-state index is -1.16. The molecule has 2 unspecified atom stereocenters. The molecule has 0 aliphatic heterocycles. The summed E-state index contributed by atoms with van der Waals surface area (Å²) in [6.07, 6.45) is 2.27. The molecule has 5 nitrogen and oxygen atoms in total. The number of carboxylic acids is 1. The fraction of sp³-hybridized carbons (Fsp3) is 0.600. The number of benzene rings is 1. The standard InChI is InChI=1S/C20H29NO4/c1-4-21(19(24)25-14-16-9-6-5-7-10-16)20(18(22)23)12-8-11-17(13-20)15(2)3/h5-7,9-10,15,17H,4,8,11-14H2,1-3H3,(H,22,23). The highest BCUT2D eigenvalue weighted by molar-refractivity contribution is 5.84. The molecule has 1 aromatic rings. The molecule has 0 radical (unpaired) electrons. The highest BCUT2D eigenvalue weighted by Crippen LogP contribution is 2.40. The number of carbonyl (C=O) groups is 2. The summed E-state index contributed by atoms with van der Waals surface area (Å²) in [4.78, 5) is 26.3. The first kappa shape index (κ1) is 19.3. The molecule has 0 spiro atoms. The van der Waals surface area contributed by atoms with Crippen LogP contribution in [0.15, 0.2) is 30.3 Å². The van der Waals surface area contributed by atoms with Crippen molar-refractivity contribution in [2.75, 3.05) is 6.54 Å². The highest BCUT2D eigenvalue weighted by atomic mass is 16.6.